The molecular weight excluding hydrogens is 196 g/mol. The zero-order chi connectivity index (χ0) is 11.3. The Kier molecular flexibility index (Phi) is 3.79. The average Bonchev–Trinajstić information content (AvgIpc) is 2.18. The third-order valence-electron chi connectivity index (χ3n) is 2.04. The van der Waals surface area contributed by atoms with Crippen LogP contribution >= 0.6 is 0 Å². The Balaban J connectivity index is 2.50. The van der Waals surface area contributed by atoms with Gasteiger partial charge in [-0.05, 0) is 24.1 Å². The Labute approximate surface area is 87.0 Å². The van der Waals surface area contributed by atoms with Crippen LogP contribution in [0.15, 0.2) is 24.3 Å². The standard InChI is InChI=1S/C10H12N2O3/c11-10(13)9-5-3-8(4-6-9)2-1-7-12(14)15/h3-6H,1-2,7H2,(H2,11,13). The second-order valence-electron chi connectivity index (χ2n) is 3.22. The largest absolute Gasteiger partial charge is 0.366 e. The Morgan fingerprint density at radius 1 is 1.33 bits per heavy atom. The average molecular weight is 208 g/mol. The smallest absolute Gasteiger partial charge is 0.248 e. The van der Waals surface area contributed by atoms with Gasteiger partial charge in [-0.1, -0.05) is 12.1 Å². The van der Waals surface area contributed by atoms with Gasteiger partial charge >= 0.3 is 0 Å². The van der Waals surface area contributed by atoms with Gasteiger partial charge in [0.25, 0.3) is 0 Å². The fraction of sp³-hybridized carbons (Fsp3) is 0.300. The SMILES string of the molecule is NC(=O)c1ccc(CCC[N+](=O)[O-])cc1. The number of carbonyl (C=O) groups is 1. The first-order valence-corrected chi connectivity index (χ1v) is 4.60. The van der Waals surface area contributed by atoms with Gasteiger partial charge in [0.2, 0.25) is 12.5 Å². The molecule has 0 saturated heterocycles. The molecule has 0 aromatic heterocycles. The Bertz CT molecular complexity index is 359. The van der Waals surface area contributed by atoms with E-state index in [1.54, 1.807) is 24.3 Å². The van der Waals surface area contributed by atoms with Gasteiger partial charge < -0.3 is 5.73 Å². The van der Waals surface area contributed by atoms with Crippen LogP contribution in [-0.4, -0.2) is 17.4 Å². The molecule has 80 valence electrons. The molecule has 0 radical (unpaired) electrons. The zero-order valence-electron chi connectivity index (χ0n) is 8.18. The molecule has 1 amide bonds. The first-order valence-electron chi connectivity index (χ1n) is 4.60. The van der Waals surface area contributed by atoms with Crippen molar-refractivity contribution in [3.8, 4) is 0 Å². The monoisotopic (exact) mass is 208 g/mol. The van der Waals surface area contributed by atoms with Crippen molar-refractivity contribution in [3.63, 3.8) is 0 Å². The summed E-state index contributed by atoms with van der Waals surface area (Å²) in [5.74, 6) is -0.466. The highest BCUT2D eigenvalue weighted by Crippen LogP contribution is 2.06. The molecule has 0 unspecified atom stereocenters. The van der Waals surface area contributed by atoms with E-state index in [-0.39, 0.29) is 11.5 Å². The fourth-order valence-electron chi connectivity index (χ4n) is 1.25. The van der Waals surface area contributed by atoms with Crippen LogP contribution in [0.3, 0.4) is 0 Å². The lowest BCUT2D eigenvalue weighted by Crippen LogP contribution is -2.10. The fourth-order valence-corrected chi connectivity index (χ4v) is 1.25. The second kappa shape index (κ2) is 5.09. The Morgan fingerprint density at radius 3 is 2.40 bits per heavy atom. The Hall–Kier alpha value is -1.91. The molecule has 0 aliphatic rings. The van der Waals surface area contributed by atoms with Crippen molar-refractivity contribution in [2.24, 2.45) is 5.73 Å². The molecule has 1 aromatic rings. The first-order chi connectivity index (χ1) is 7.09. The molecule has 5 nitrogen and oxygen atoms in total. The van der Waals surface area contributed by atoms with Crippen molar-refractivity contribution in [3.05, 3.63) is 45.5 Å². The molecule has 15 heavy (non-hydrogen) atoms. The molecule has 0 atom stereocenters. The zero-order valence-corrected chi connectivity index (χ0v) is 8.18. The van der Waals surface area contributed by atoms with Crippen LogP contribution in [0.2, 0.25) is 0 Å². The number of aryl methyl sites for hydroxylation is 1. The first kappa shape index (κ1) is 11.2. The quantitative estimate of drug-likeness (QED) is 0.578. The number of carbonyl (C=O) groups excluding carboxylic acids is 1. The molecular formula is C10H12N2O3. The van der Waals surface area contributed by atoms with Crippen LogP contribution in [0.1, 0.15) is 22.3 Å². The van der Waals surface area contributed by atoms with E-state index >= 15 is 0 Å². The summed E-state index contributed by atoms with van der Waals surface area (Å²) in [4.78, 5) is 20.5. The van der Waals surface area contributed by atoms with E-state index in [4.69, 9.17) is 5.73 Å². The maximum atomic E-state index is 10.7. The predicted molar refractivity (Wildman–Crippen MR) is 55.1 cm³/mol. The van der Waals surface area contributed by atoms with Crippen molar-refractivity contribution in [1.82, 2.24) is 0 Å². The van der Waals surface area contributed by atoms with E-state index in [0.29, 0.717) is 18.4 Å². The van der Waals surface area contributed by atoms with Crippen molar-refractivity contribution in [1.29, 1.82) is 0 Å². The molecule has 0 aliphatic carbocycles. The highest BCUT2D eigenvalue weighted by molar-refractivity contribution is 5.92. The molecule has 0 heterocycles. The molecule has 5 heteroatoms. The molecule has 0 bridgehead atoms. The third-order valence-corrected chi connectivity index (χ3v) is 2.04. The summed E-state index contributed by atoms with van der Waals surface area (Å²) >= 11 is 0. The predicted octanol–water partition coefficient (Wildman–Crippen LogP) is 0.995. The van der Waals surface area contributed by atoms with Gasteiger partial charge in [-0.3, -0.25) is 14.9 Å². The summed E-state index contributed by atoms with van der Waals surface area (Å²) in [5, 5.41) is 10.1. The van der Waals surface area contributed by atoms with Gasteiger partial charge in [0, 0.05) is 16.9 Å². The summed E-state index contributed by atoms with van der Waals surface area (Å²) in [7, 11) is 0. The maximum Gasteiger partial charge on any atom is 0.248 e. The lowest BCUT2D eigenvalue weighted by Gasteiger charge is -2.00. The number of primary amides is 1. The summed E-state index contributed by atoms with van der Waals surface area (Å²) in [6.07, 6.45) is 1.14. The van der Waals surface area contributed by atoms with Gasteiger partial charge in [-0.25, -0.2) is 0 Å². The van der Waals surface area contributed by atoms with E-state index in [9.17, 15) is 14.9 Å². The lowest BCUT2D eigenvalue weighted by molar-refractivity contribution is -0.480. The number of hydrogen-bond acceptors (Lipinski definition) is 3. The molecule has 2 N–H and O–H groups in total. The summed E-state index contributed by atoms with van der Waals surface area (Å²) in [6, 6.07) is 6.79. The number of nitrogens with two attached hydrogens (primary N) is 1. The summed E-state index contributed by atoms with van der Waals surface area (Å²) in [6.45, 7) is -0.0302. The van der Waals surface area contributed by atoms with E-state index in [2.05, 4.69) is 0 Å². The van der Waals surface area contributed by atoms with Crippen LogP contribution < -0.4 is 5.73 Å². The normalized spacial score (nSPS) is 9.87. The van der Waals surface area contributed by atoms with Gasteiger partial charge in [-0.2, -0.15) is 0 Å². The van der Waals surface area contributed by atoms with E-state index in [0.717, 1.165) is 5.56 Å². The second-order valence-corrected chi connectivity index (χ2v) is 3.22. The van der Waals surface area contributed by atoms with E-state index in [1.807, 2.05) is 0 Å². The van der Waals surface area contributed by atoms with Crippen LogP contribution in [-0.2, 0) is 6.42 Å². The number of amides is 1. The summed E-state index contributed by atoms with van der Waals surface area (Å²) < 4.78 is 0. The van der Waals surface area contributed by atoms with Crippen molar-refractivity contribution >= 4 is 5.91 Å². The van der Waals surface area contributed by atoms with Gasteiger partial charge in [-0.15, -0.1) is 0 Å². The minimum atomic E-state index is -0.466. The van der Waals surface area contributed by atoms with Crippen molar-refractivity contribution in [2.45, 2.75) is 12.8 Å². The topological polar surface area (TPSA) is 86.2 Å². The van der Waals surface area contributed by atoms with Crippen molar-refractivity contribution in [2.75, 3.05) is 6.54 Å². The molecule has 1 aromatic carbocycles. The number of nitrogens with zero attached hydrogens (tertiary/aromatic N) is 1. The van der Waals surface area contributed by atoms with Crippen LogP contribution in [0, 0.1) is 10.1 Å². The number of nitro groups is 1. The minimum Gasteiger partial charge on any atom is -0.366 e. The Morgan fingerprint density at radius 2 is 1.93 bits per heavy atom. The van der Waals surface area contributed by atoms with Gasteiger partial charge in [0.15, 0.2) is 0 Å². The third kappa shape index (κ3) is 3.76. The van der Waals surface area contributed by atoms with E-state index < -0.39 is 5.91 Å². The highest BCUT2D eigenvalue weighted by Gasteiger charge is 2.01. The number of hydrogen-bond donors (Lipinski definition) is 1. The molecule has 0 spiro atoms. The van der Waals surface area contributed by atoms with E-state index in [1.165, 1.54) is 0 Å². The van der Waals surface area contributed by atoms with Gasteiger partial charge in [0.05, 0.1) is 0 Å². The summed E-state index contributed by atoms with van der Waals surface area (Å²) in [5.41, 5.74) is 6.50. The van der Waals surface area contributed by atoms with Gasteiger partial charge in [0.1, 0.15) is 0 Å². The lowest BCUT2D eigenvalue weighted by atomic mass is 10.1. The molecule has 0 saturated carbocycles. The highest BCUT2D eigenvalue weighted by atomic mass is 16.6. The van der Waals surface area contributed by atoms with Crippen LogP contribution in [0.25, 0.3) is 0 Å². The molecule has 0 aliphatic heterocycles. The maximum absolute atomic E-state index is 10.7. The minimum absolute atomic E-state index is 0.0302. The van der Waals surface area contributed by atoms with Crippen LogP contribution in [0.5, 0.6) is 0 Å². The van der Waals surface area contributed by atoms with Crippen molar-refractivity contribution < 1.29 is 9.72 Å². The molecule has 1 rings (SSSR count). The van der Waals surface area contributed by atoms with Crippen LogP contribution in [0.4, 0.5) is 0 Å². The molecule has 0 fully saturated rings. The number of rotatable bonds is 5. The number of benzene rings is 1.